The molecule has 2 nitrogen and oxygen atoms in total. The first-order chi connectivity index (χ1) is 10.6. The van der Waals surface area contributed by atoms with Crippen molar-refractivity contribution in [1.82, 2.24) is 9.97 Å². The summed E-state index contributed by atoms with van der Waals surface area (Å²) in [7, 11) is 0. The maximum Gasteiger partial charge on any atom is 0.433 e. The summed E-state index contributed by atoms with van der Waals surface area (Å²) < 4.78 is 77.0. The summed E-state index contributed by atoms with van der Waals surface area (Å²) >= 11 is 0. The molecule has 1 unspecified atom stereocenters. The Bertz CT molecular complexity index is 463. The Hall–Kier alpha value is -1.34. The van der Waals surface area contributed by atoms with Crippen LogP contribution in [0.1, 0.15) is 75.5 Å². The van der Waals surface area contributed by atoms with Gasteiger partial charge >= 0.3 is 12.4 Å². The molecular weight excluding hydrogens is 322 g/mol. The molecule has 0 fully saturated rings. The molecule has 132 valence electrons. The number of hydrogen-bond acceptors (Lipinski definition) is 2. The molecule has 1 aromatic rings. The fourth-order valence-electron chi connectivity index (χ4n) is 2.33. The summed E-state index contributed by atoms with van der Waals surface area (Å²) in [6, 6.07) is -0.0292. The zero-order valence-corrected chi connectivity index (χ0v) is 13.1. The highest BCUT2D eigenvalue weighted by molar-refractivity contribution is 5.18. The number of nitrogens with zero attached hydrogens (tertiary/aromatic N) is 2. The Balaban J connectivity index is 3.24. The van der Waals surface area contributed by atoms with Crippen LogP contribution in [0.3, 0.4) is 0 Å². The molecule has 1 rings (SSSR count). The van der Waals surface area contributed by atoms with Crippen LogP contribution in [0, 0.1) is 0 Å². The lowest BCUT2D eigenvalue weighted by Gasteiger charge is -2.18. The molecule has 0 saturated carbocycles. The fourth-order valence-corrected chi connectivity index (χ4v) is 2.33. The van der Waals surface area contributed by atoms with Crippen molar-refractivity contribution in [2.24, 2.45) is 0 Å². The predicted octanol–water partition coefficient (Wildman–Crippen LogP) is 5.98. The van der Waals surface area contributed by atoms with Gasteiger partial charge in [0.1, 0.15) is 17.2 Å². The third-order valence-corrected chi connectivity index (χ3v) is 3.48. The Morgan fingerprint density at radius 2 is 1.35 bits per heavy atom. The van der Waals surface area contributed by atoms with Crippen molar-refractivity contribution in [1.29, 1.82) is 0 Å². The lowest BCUT2D eigenvalue weighted by Crippen LogP contribution is -2.19. The van der Waals surface area contributed by atoms with E-state index < -0.39 is 29.7 Å². The van der Waals surface area contributed by atoms with Crippen LogP contribution in [0.25, 0.3) is 0 Å². The van der Waals surface area contributed by atoms with Gasteiger partial charge in [0, 0.05) is 5.92 Å². The lowest BCUT2D eigenvalue weighted by molar-refractivity contribution is -0.148. The molecule has 0 radical (unpaired) electrons. The van der Waals surface area contributed by atoms with Crippen LogP contribution in [0.2, 0.25) is 0 Å². The summed E-state index contributed by atoms with van der Waals surface area (Å²) in [6.45, 7) is 3.79. The molecule has 0 N–H and O–H groups in total. The predicted molar refractivity (Wildman–Crippen MR) is 73.8 cm³/mol. The second-order valence-corrected chi connectivity index (χ2v) is 5.47. The molecular formula is C15H20F6N2. The van der Waals surface area contributed by atoms with Gasteiger partial charge < -0.3 is 0 Å². The molecule has 0 aromatic carbocycles. The quantitative estimate of drug-likeness (QED) is 0.450. The minimum Gasteiger partial charge on any atom is -0.228 e. The van der Waals surface area contributed by atoms with Crippen molar-refractivity contribution in [2.75, 3.05) is 0 Å². The molecule has 23 heavy (non-hydrogen) atoms. The van der Waals surface area contributed by atoms with Gasteiger partial charge in [0.15, 0.2) is 0 Å². The van der Waals surface area contributed by atoms with Crippen molar-refractivity contribution in [3.8, 4) is 0 Å². The van der Waals surface area contributed by atoms with E-state index in [1.807, 2.05) is 13.8 Å². The molecule has 1 heterocycles. The van der Waals surface area contributed by atoms with Gasteiger partial charge in [0.25, 0.3) is 0 Å². The number of unbranched alkanes of at least 4 members (excludes halogenated alkanes) is 2. The summed E-state index contributed by atoms with van der Waals surface area (Å²) in [5, 5.41) is 0. The average Bonchev–Trinajstić information content (AvgIpc) is 2.44. The van der Waals surface area contributed by atoms with E-state index in [9.17, 15) is 26.3 Å². The first-order valence-corrected chi connectivity index (χ1v) is 7.63. The van der Waals surface area contributed by atoms with Crippen LogP contribution >= 0.6 is 0 Å². The lowest BCUT2D eigenvalue weighted by atomic mass is 9.95. The van der Waals surface area contributed by atoms with Crippen LogP contribution in [0.5, 0.6) is 0 Å². The van der Waals surface area contributed by atoms with Gasteiger partial charge in [0.05, 0.1) is 0 Å². The molecule has 8 heteroatoms. The van der Waals surface area contributed by atoms with Crippen LogP contribution in [-0.4, -0.2) is 9.97 Å². The molecule has 0 aliphatic heterocycles. The molecule has 0 aliphatic carbocycles. The number of rotatable bonds is 7. The SMILES string of the molecule is CCCCCC(CCC)c1nc(C(F)(F)F)cc(C(F)(F)F)n1. The van der Waals surface area contributed by atoms with E-state index in [0.29, 0.717) is 19.3 Å². The largest absolute Gasteiger partial charge is 0.433 e. The summed E-state index contributed by atoms with van der Waals surface area (Å²) in [5.41, 5.74) is -3.07. The van der Waals surface area contributed by atoms with Gasteiger partial charge in [-0.1, -0.05) is 39.5 Å². The van der Waals surface area contributed by atoms with E-state index in [2.05, 4.69) is 9.97 Å². The minimum absolute atomic E-state index is 0.0292. The number of aromatic nitrogens is 2. The first kappa shape index (κ1) is 19.7. The van der Waals surface area contributed by atoms with Crippen LogP contribution < -0.4 is 0 Å². The Morgan fingerprint density at radius 1 is 0.826 bits per heavy atom. The van der Waals surface area contributed by atoms with E-state index in [4.69, 9.17) is 0 Å². The monoisotopic (exact) mass is 342 g/mol. The topological polar surface area (TPSA) is 25.8 Å². The molecule has 0 spiro atoms. The van der Waals surface area contributed by atoms with E-state index >= 15 is 0 Å². The summed E-state index contributed by atoms with van der Waals surface area (Å²) in [6.07, 6.45) is -5.78. The van der Waals surface area contributed by atoms with Gasteiger partial charge in [-0.2, -0.15) is 26.3 Å². The van der Waals surface area contributed by atoms with Gasteiger partial charge in [-0.15, -0.1) is 0 Å². The van der Waals surface area contributed by atoms with Crippen LogP contribution in [0.4, 0.5) is 26.3 Å². The van der Waals surface area contributed by atoms with Crippen molar-refractivity contribution in [3.05, 3.63) is 23.3 Å². The normalized spacial score (nSPS) is 14.1. The Kier molecular flexibility index (Phi) is 6.83. The third kappa shape index (κ3) is 5.99. The van der Waals surface area contributed by atoms with E-state index in [0.717, 1.165) is 19.3 Å². The Labute approximate surface area is 131 Å². The minimum atomic E-state index is -4.93. The molecule has 1 aromatic heterocycles. The maximum absolute atomic E-state index is 12.8. The smallest absolute Gasteiger partial charge is 0.228 e. The van der Waals surface area contributed by atoms with Crippen molar-refractivity contribution < 1.29 is 26.3 Å². The van der Waals surface area contributed by atoms with Crippen LogP contribution in [0.15, 0.2) is 6.07 Å². The van der Waals surface area contributed by atoms with Gasteiger partial charge in [-0.3, -0.25) is 0 Å². The van der Waals surface area contributed by atoms with E-state index in [-0.39, 0.29) is 11.9 Å². The van der Waals surface area contributed by atoms with Gasteiger partial charge in [-0.05, 0) is 18.9 Å². The average molecular weight is 342 g/mol. The third-order valence-electron chi connectivity index (χ3n) is 3.48. The Morgan fingerprint density at radius 3 is 1.74 bits per heavy atom. The standard InChI is InChI=1S/C15H20F6N2/c1-3-5-6-8-10(7-4-2)13-22-11(14(16,17)18)9-12(23-13)15(19,20)21/h9-10H,3-8H2,1-2H3. The highest BCUT2D eigenvalue weighted by atomic mass is 19.4. The maximum atomic E-state index is 12.8. The second-order valence-electron chi connectivity index (χ2n) is 5.47. The zero-order valence-electron chi connectivity index (χ0n) is 13.1. The van der Waals surface area contributed by atoms with Gasteiger partial charge in [-0.25, -0.2) is 9.97 Å². The van der Waals surface area contributed by atoms with E-state index in [1.165, 1.54) is 0 Å². The van der Waals surface area contributed by atoms with Gasteiger partial charge in [0.2, 0.25) is 0 Å². The second kappa shape index (κ2) is 7.97. The van der Waals surface area contributed by atoms with Crippen LogP contribution in [-0.2, 0) is 12.4 Å². The summed E-state index contributed by atoms with van der Waals surface area (Å²) in [5.74, 6) is -0.847. The molecule has 0 saturated heterocycles. The van der Waals surface area contributed by atoms with E-state index in [1.54, 1.807) is 0 Å². The molecule has 0 bridgehead atoms. The highest BCUT2D eigenvalue weighted by Gasteiger charge is 2.40. The first-order valence-electron chi connectivity index (χ1n) is 7.63. The number of alkyl halides is 6. The molecule has 1 atom stereocenters. The number of halogens is 6. The zero-order chi connectivity index (χ0) is 17.7. The van der Waals surface area contributed by atoms with Crippen molar-refractivity contribution in [2.45, 2.75) is 70.6 Å². The fraction of sp³-hybridized carbons (Fsp3) is 0.733. The number of hydrogen-bond donors (Lipinski definition) is 0. The highest BCUT2D eigenvalue weighted by Crippen LogP contribution is 2.35. The summed E-state index contributed by atoms with van der Waals surface area (Å²) in [4.78, 5) is 6.76. The van der Waals surface area contributed by atoms with Crippen molar-refractivity contribution in [3.63, 3.8) is 0 Å². The molecule has 0 aliphatic rings. The molecule has 0 amide bonds. The van der Waals surface area contributed by atoms with Crippen molar-refractivity contribution >= 4 is 0 Å².